The van der Waals surface area contributed by atoms with Crippen molar-refractivity contribution in [3.63, 3.8) is 0 Å². The molecule has 16 heavy (non-hydrogen) atoms. The molecule has 3 N–H and O–H groups in total. The van der Waals surface area contributed by atoms with Crippen LogP contribution in [0.25, 0.3) is 0 Å². The van der Waals surface area contributed by atoms with Gasteiger partial charge in [-0.15, -0.1) is 0 Å². The summed E-state index contributed by atoms with van der Waals surface area (Å²) in [5.74, 6) is -1.45. The van der Waals surface area contributed by atoms with Gasteiger partial charge in [-0.25, -0.2) is 0 Å². The number of ether oxygens (including phenoxy) is 1. The fourth-order valence-corrected chi connectivity index (χ4v) is 1.31. The summed E-state index contributed by atoms with van der Waals surface area (Å²) in [7, 11) is 0. The number of carbonyl (C=O) groups is 2. The first kappa shape index (κ1) is 14.9. The normalized spacial score (nSPS) is 14.2. The van der Waals surface area contributed by atoms with Crippen molar-refractivity contribution >= 4 is 11.9 Å². The van der Waals surface area contributed by atoms with Crippen LogP contribution in [0, 0.1) is 0 Å². The highest BCUT2D eigenvalue weighted by Crippen LogP contribution is 2.08. The van der Waals surface area contributed by atoms with Gasteiger partial charge < -0.3 is 15.6 Å². The summed E-state index contributed by atoms with van der Waals surface area (Å²) in [6, 6.07) is -0.987. The summed E-state index contributed by atoms with van der Waals surface area (Å²) in [6.45, 7) is 3.98. The number of nitrogens with two attached hydrogens (primary N) is 1. The lowest BCUT2D eigenvalue weighted by molar-refractivity contribution is -0.150. The third-order valence-electron chi connectivity index (χ3n) is 2.34. The Morgan fingerprint density at radius 2 is 1.94 bits per heavy atom. The van der Waals surface area contributed by atoms with Gasteiger partial charge in [0.05, 0.1) is 0 Å². The summed E-state index contributed by atoms with van der Waals surface area (Å²) in [4.78, 5) is 21.8. The topological polar surface area (TPSA) is 89.6 Å². The fourth-order valence-electron chi connectivity index (χ4n) is 1.31. The summed E-state index contributed by atoms with van der Waals surface area (Å²) in [5.41, 5.74) is 5.28. The second-order valence-corrected chi connectivity index (χ2v) is 3.79. The van der Waals surface area contributed by atoms with Crippen LogP contribution in [0.2, 0.25) is 0 Å². The number of aliphatic carboxylic acids is 1. The molecule has 0 aromatic rings. The molecule has 0 aromatic heterocycles. The molecule has 0 aliphatic carbocycles. The van der Waals surface area contributed by atoms with Gasteiger partial charge in [-0.3, -0.25) is 9.59 Å². The van der Waals surface area contributed by atoms with Gasteiger partial charge in [-0.05, 0) is 19.3 Å². The Bertz CT molecular complexity index is 230. The molecule has 0 rings (SSSR count). The van der Waals surface area contributed by atoms with Crippen molar-refractivity contribution in [3.8, 4) is 0 Å². The first-order chi connectivity index (χ1) is 7.51. The Morgan fingerprint density at radius 1 is 1.31 bits per heavy atom. The van der Waals surface area contributed by atoms with E-state index in [0.717, 1.165) is 19.3 Å². The van der Waals surface area contributed by atoms with E-state index >= 15 is 0 Å². The number of hydrogen-bond acceptors (Lipinski definition) is 4. The molecule has 0 aliphatic rings. The highest BCUT2D eigenvalue weighted by Gasteiger charge is 2.16. The lowest BCUT2D eigenvalue weighted by Crippen LogP contribution is -2.31. The second kappa shape index (κ2) is 8.10. The monoisotopic (exact) mass is 231 g/mol. The van der Waals surface area contributed by atoms with Crippen LogP contribution >= 0.6 is 0 Å². The molecule has 1 unspecified atom stereocenters. The van der Waals surface area contributed by atoms with Gasteiger partial charge in [-0.2, -0.15) is 0 Å². The molecule has 0 saturated heterocycles. The molecule has 0 saturated carbocycles. The molecule has 0 aliphatic heterocycles. The first-order valence-electron chi connectivity index (χ1n) is 5.69. The van der Waals surface area contributed by atoms with Crippen LogP contribution in [0.15, 0.2) is 0 Å². The van der Waals surface area contributed by atoms with Gasteiger partial charge in [0.15, 0.2) is 0 Å². The maximum Gasteiger partial charge on any atom is 0.320 e. The zero-order valence-electron chi connectivity index (χ0n) is 9.94. The number of esters is 1. The van der Waals surface area contributed by atoms with E-state index < -0.39 is 12.0 Å². The van der Waals surface area contributed by atoms with Crippen LogP contribution in [-0.2, 0) is 14.3 Å². The lowest BCUT2D eigenvalue weighted by Gasteiger charge is -2.15. The second-order valence-electron chi connectivity index (χ2n) is 3.79. The maximum atomic E-state index is 11.3. The molecule has 0 bridgehead atoms. The number of hydrogen-bond donors (Lipinski definition) is 2. The standard InChI is InChI=1S/C11H21NO4/c1-3-5-8(4-2)16-10(13)7-6-9(12)11(14)15/h8-9H,3-7,12H2,1-2H3,(H,14,15)/t8?,9-/m0/s1. The van der Waals surface area contributed by atoms with Crippen LogP contribution in [0.1, 0.15) is 46.0 Å². The molecule has 0 aromatic carbocycles. The molecule has 0 spiro atoms. The molecule has 0 heterocycles. The quantitative estimate of drug-likeness (QED) is 0.614. The van der Waals surface area contributed by atoms with Gasteiger partial charge in [0.1, 0.15) is 12.1 Å². The summed E-state index contributed by atoms with van der Waals surface area (Å²) in [5, 5.41) is 8.53. The van der Waals surface area contributed by atoms with Crippen molar-refractivity contribution in [2.24, 2.45) is 5.73 Å². The average Bonchev–Trinajstić information content (AvgIpc) is 2.24. The Kier molecular flexibility index (Phi) is 7.54. The van der Waals surface area contributed by atoms with Crippen molar-refractivity contribution < 1.29 is 19.4 Å². The number of rotatable bonds is 8. The largest absolute Gasteiger partial charge is 0.480 e. The Morgan fingerprint density at radius 3 is 2.38 bits per heavy atom. The summed E-state index contributed by atoms with van der Waals surface area (Å²) in [6.07, 6.45) is 2.71. The van der Waals surface area contributed by atoms with Crippen LogP contribution in [0.5, 0.6) is 0 Å². The van der Waals surface area contributed by atoms with Crippen molar-refractivity contribution in [2.75, 3.05) is 0 Å². The van der Waals surface area contributed by atoms with Crippen molar-refractivity contribution in [1.29, 1.82) is 0 Å². The third kappa shape index (κ3) is 6.40. The minimum atomic E-state index is -1.09. The molecule has 5 heteroatoms. The van der Waals surface area contributed by atoms with Crippen molar-refractivity contribution in [2.45, 2.75) is 58.1 Å². The van der Waals surface area contributed by atoms with E-state index in [9.17, 15) is 9.59 Å². The molecule has 0 radical (unpaired) electrons. The highest BCUT2D eigenvalue weighted by atomic mass is 16.5. The van der Waals surface area contributed by atoms with E-state index in [1.807, 2.05) is 13.8 Å². The van der Waals surface area contributed by atoms with Crippen LogP contribution in [-0.4, -0.2) is 29.2 Å². The van der Waals surface area contributed by atoms with Crippen LogP contribution in [0.4, 0.5) is 0 Å². The van der Waals surface area contributed by atoms with E-state index in [4.69, 9.17) is 15.6 Å². The summed E-state index contributed by atoms with van der Waals surface area (Å²) >= 11 is 0. The highest BCUT2D eigenvalue weighted by molar-refractivity contribution is 5.75. The zero-order valence-corrected chi connectivity index (χ0v) is 9.94. The SMILES string of the molecule is CCCC(CC)OC(=O)CC[C@H](N)C(=O)O. The van der Waals surface area contributed by atoms with E-state index in [0.29, 0.717) is 0 Å². The van der Waals surface area contributed by atoms with Gasteiger partial charge in [0, 0.05) is 6.42 Å². The number of carboxylic acid groups (broad SMARTS) is 1. The van der Waals surface area contributed by atoms with Gasteiger partial charge in [-0.1, -0.05) is 20.3 Å². The third-order valence-corrected chi connectivity index (χ3v) is 2.34. The van der Waals surface area contributed by atoms with Crippen molar-refractivity contribution in [1.82, 2.24) is 0 Å². The maximum absolute atomic E-state index is 11.3. The van der Waals surface area contributed by atoms with Crippen molar-refractivity contribution in [3.05, 3.63) is 0 Å². The molecule has 94 valence electrons. The van der Waals surface area contributed by atoms with Gasteiger partial charge in [0.2, 0.25) is 0 Å². The minimum absolute atomic E-state index is 0.0569. The van der Waals surface area contributed by atoms with E-state index in [1.54, 1.807) is 0 Å². The van der Waals surface area contributed by atoms with Gasteiger partial charge in [0.25, 0.3) is 0 Å². The Labute approximate surface area is 96.0 Å². The smallest absolute Gasteiger partial charge is 0.320 e. The predicted molar refractivity (Wildman–Crippen MR) is 59.9 cm³/mol. The molecule has 5 nitrogen and oxygen atoms in total. The number of carboxylic acids is 1. The molecular weight excluding hydrogens is 210 g/mol. The fraction of sp³-hybridized carbons (Fsp3) is 0.818. The Hall–Kier alpha value is -1.10. The minimum Gasteiger partial charge on any atom is -0.480 e. The zero-order chi connectivity index (χ0) is 12.6. The van der Waals surface area contributed by atoms with E-state index in [1.165, 1.54) is 0 Å². The molecule has 0 fully saturated rings. The predicted octanol–water partition coefficient (Wildman–Crippen LogP) is 1.30. The average molecular weight is 231 g/mol. The summed E-state index contributed by atoms with van der Waals surface area (Å²) < 4.78 is 5.18. The molecular formula is C11H21NO4. The molecule has 0 amide bonds. The van der Waals surface area contributed by atoms with Crippen LogP contribution < -0.4 is 5.73 Å². The van der Waals surface area contributed by atoms with E-state index in [-0.39, 0.29) is 24.9 Å². The lowest BCUT2D eigenvalue weighted by atomic mass is 10.1. The van der Waals surface area contributed by atoms with Crippen LogP contribution in [0.3, 0.4) is 0 Å². The van der Waals surface area contributed by atoms with E-state index in [2.05, 4.69) is 0 Å². The first-order valence-corrected chi connectivity index (χ1v) is 5.69. The number of carbonyl (C=O) groups excluding carboxylic acids is 1. The van der Waals surface area contributed by atoms with Gasteiger partial charge >= 0.3 is 11.9 Å². The molecule has 2 atom stereocenters. The Balaban J connectivity index is 3.84.